The van der Waals surface area contributed by atoms with Gasteiger partial charge in [0.1, 0.15) is 8.42 Å². The van der Waals surface area contributed by atoms with Crippen LogP contribution in [0.1, 0.15) is 0 Å². The van der Waals surface area contributed by atoms with Crippen molar-refractivity contribution in [3.05, 3.63) is 12.1 Å². The summed E-state index contributed by atoms with van der Waals surface area (Å²) in [6.45, 7) is 0. The van der Waals surface area contributed by atoms with Gasteiger partial charge in [0.15, 0.2) is 10.0 Å². The highest BCUT2D eigenvalue weighted by atomic mass is 35.7. The van der Waals surface area contributed by atoms with E-state index in [0.29, 0.717) is 8.42 Å². The molecule has 82 valence electrons. The summed E-state index contributed by atoms with van der Waals surface area (Å²) in [7, 11) is 3.96. The van der Waals surface area contributed by atoms with E-state index < -0.39 is 20.8 Å². The van der Waals surface area contributed by atoms with Crippen LogP contribution in [-0.2, 0) is 10.0 Å². The Kier molecular flexibility index (Phi) is 3.98. The molecule has 8 heteroatoms. The van der Waals surface area contributed by atoms with Crippen LogP contribution >= 0.6 is 32.8 Å². The summed E-state index contributed by atoms with van der Waals surface area (Å²) in [6.07, 6.45) is 0. The highest BCUT2D eigenvalue weighted by Crippen LogP contribution is 2.53. The molecule has 1 atom stereocenters. The van der Waals surface area contributed by atoms with E-state index in [0.717, 1.165) is 11.3 Å². The second-order valence-electron chi connectivity index (χ2n) is 2.63. The van der Waals surface area contributed by atoms with Gasteiger partial charge in [0.05, 0.1) is 0 Å². The molecule has 0 aliphatic rings. The zero-order chi connectivity index (χ0) is 10.9. The highest BCUT2D eigenvalue weighted by Gasteiger charge is 2.21. The predicted molar refractivity (Wildman–Crippen MR) is 61.4 cm³/mol. The van der Waals surface area contributed by atoms with E-state index in [-0.39, 0.29) is 0 Å². The molecule has 1 heterocycles. The molecule has 0 aliphatic heterocycles. The van der Waals surface area contributed by atoms with Gasteiger partial charge in [-0.25, -0.2) is 8.51 Å². The van der Waals surface area contributed by atoms with Crippen LogP contribution in [0.3, 0.4) is 0 Å². The van der Waals surface area contributed by atoms with Crippen LogP contribution in [0.5, 0.6) is 0 Å². The van der Waals surface area contributed by atoms with E-state index in [4.69, 9.17) is 10.7 Å². The monoisotopic (exact) mass is 275 g/mol. The van der Waals surface area contributed by atoms with Crippen molar-refractivity contribution in [2.45, 2.75) is 8.42 Å². The second-order valence-corrected chi connectivity index (χ2v) is 8.16. The Balaban J connectivity index is 3.02. The molecule has 0 spiro atoms. The van der Waals surface area contributed by atoms with Crippen LogP contribution < -0.4 is 0 Å². The minimum Gasteiger partial charge on any atom is -0.281 e. The number of thiophene rings is 1. The van der Waals surface area contributed by atoms with Crippen LogP contribution in [0.25, 0.3) is 0 Å². The maximum atomic E-state index is 10.9. The van der Waals surface area contributed by atoms with E-state index in [1.165, 1.54) is 16.4 Å². The Morgan fingerprint density at radius 2 is 2.07 bits per heavy atom. The summed E-state index contributed by atoms with van der Waals surface area (Å²) < 4.78 is 32.4. The Morgan fingerprint density at radius 3 is 2.43 bits per heavy atom. The van der Waals surface area contributed by atoms with E-state index in [1.807, 2.05) is 0 Å². The lowest BCUT2D eigenvalue weighted by Crippen LogP contribution is -2.17. The lowest BCUT2D eigenvalue weighted by molar-refractivity contribution is 0.416. The Hall–Kier alpha value is 0.370. The molecule has 4 nitrogen and oxygen atoms in total. The third-order valence-electron chi connectivity index (χ3n) is 1.49. The van der Waals surface area contributed by atoms with Gasteiger partial charge < -0.3 is 0 Å². The summed E-state index contributed by atoms with van der Waals surface area (Å²) in [5, 5.41) is 0. The maximum Gasteiger partial charge on any atom is 0.157 e. The largest absolute Gasteiger partial charge is 0.281 e. The molecule has 0 bridgehead atoms. The third kappa shape index (κ3) is 2.48. The first-order valence-corrected chi connectivity index (χ1v) is 7.79. The molecule has 0 amide bonds. The molecule has 1 aromatic rings. The molecule has 1 unspecified atom stereocenters. The zero-order valence-corrected chi connectivity index (χ0v) is 10.7. The molecule has 0 saturated carbocycles. The van der Waals surface area contributed by atoms with E-state index in [9.17, 15) is 13.3 Å². The highest BCUT2D eigenvalue weighted by molar-refractivity contribution is 8.23. The van der Waals surface area contributed by atoms with Crippen molar-refractivity contribution in [2.24, 2.45) is 0 Å². The molecular weight excluding hydrogens is 266 g/mol. The Bertz CT molecular complexity index is 352. The second kappa shape index (κ2) is 4.48. The molecule has 0 fully saturated rings. The van der Waals surface area contributed by atoms with Gasteiger partial charge in [-0.1, -0.05) is 10.8 Å². The van der Waals surface area contributed by atoms with Crippen molar-refractivity contribution in [1.82, 2.24) is 4.31 Å². The molecule has 14 heavy (non-hydrogen) atoms. The van der Waals surface area contributed by atoms with Gasteiger partial charge in [-0.2, -0.15) is 0 Å². The van der Waals surface area contributed by atoms with Gasteiger partial charge in [-0.15, -0.1) is 11.3 Å². The van der Waals surface area contributed by atoms with Crippen LogP contribution in [0.15, 0.2) is 20.6 Å². The van der Waals surface area contributed by atoms with Crippen molar-refractivity contribution in [3.63, 3.8) is 0 Å². The summed E-state index contributed by atoms with van der Waals surface area (Å²) in [5.74, 6) is 0. The number of hydrogen-bond donors (Lipinski definition) is 2. The van der Waals surface area contributed by atoms with Crippen LogP contribution in [0.4, 0.5) is 0 Å². The van der Waals surface area contributed by atoms with Gasteiger partial charge in [0.25, 0.3) is 0 Å². The van der Waals surface area contributed by atoms with Gasteiger partial charge in [0.2, 0.25) is 0 Å². The molecule has 0 aromatic carbocycles. The van der Waals surface area contributed by atoms with Crippen LogP contribution in [-0.4, -0.2) is 31.7 Å². The molecular formula is C6H10ClNO3S3. The summed E-state index contributed by atoms with van der Waals surface area (Å²) in [5.41, 5.74) is 0. The normalized spacial score (nSPS) is 15.9. The lowest BCUT2D eigenvalue weighted by Gasteiger charge is -2.36. The first kappa shape index (κ1) is 12.4. The van der Waals surface area contributed by atoms with Crippen molar-refractivity contribution in [1.29, 1.82) is 0 Å². The molecule has 0 saturated heterocycles. The van der Waals surface area contributed by atoms with Gasteiger partial charge in [0, 0.05) is 14.1 Å². The average molecular weight is 276 g/mol. The molecule has 0 radical (unpaired) electrons. The van der Waals surface area contributed by atoms with Crippen LogP contribution in [0, 0.1) is 0 Å². The molecule has 1 aromatic heterocycles. The van der Waals surface area contributed by atoms with Gasteiger partial charge >= 0.3 is 0 Å². The number of halogens is 1. The SMILES string of the molecule is CN(C)S(O)(O)c1ccc(S(=O)Cl)s1. The minimum atomic E-state index is -2.93. The number of rotatable bonds is 3. The Labute approximate surface area is 94.9 Å². The van der Waals surface area contributed by atoms with Crippen LogP contribution in [0.2, 0.25) is 0 Å². The van der Waals surface area contributed by atoms with Crippen molar-refractivity contribution >= 4 is 42.8 Å². The fraction of sp³-hybridized carbons (Fsp3) is 0.333. The van der Waals surface area contributed by atoms with Gasteiger partial charge in [-0.05, 0) is 22.8 Å². The maximum absolute atomic E-state index is 10.9. The molecule has 2 N–H and O–H groups in total. The topological polar surface area (TPSA) is 60.8 Å². The van der Waals surface area contributed by atoms with Crippen molar-refractivity contribution in [3.8, 4) is 0 Å². The smallest absolute Gasteiger partial charge is 0.157 e. The van der Waals surface area contributed by atoms with E-state index in [1.54, 1.807) is 14.1 Å². The summed E-state index contributed by atoms with van der Waals surface area (Å²) in [6, 6.07) is 3.05. The average Bonchev–Trinajstić information content (AvgIpc) is 2.51. The van der Waals surface area contributed by atoms with E-state index >= 15 is 0 Å². The lowest BCUT2D eigenvalue weighted by atomic mass is 10.7. The minimum absolute atomic E-state index is 0.367. The number of nitrogens with zero attached hydrogens (tertiary/aromatic N) is 1. The Morgan fingerprint density at radius 1 is 1.50 bits per heavy atom. The zero-order valence-electron chi connectivity index (χ0n) is 7.51. The first-order chi connectivity index (χ1) is 6.35. The summed E-state index contributed by atoms with van der Waals surface area (Å²) >= 11 is 1.04. The first-order valence-electron chi connectivity index (χ1n) is 3.49. The quantitative estimate of drug-likeness (QED) is 0.833. The third-order valence-corrected chi connectivity index (χ3v) is 6.71. The van der Waals surface area contributed by atoms with Crippen molar-refractivity contribution < 1.29 is 13.3 Å². The standard InChI is InChI=1S/C6H10ClNO3S3/c1-8(2)14(10,11)6-4-3-5(12-6)13(7)9/h3-4,10-11H,1-2H3. The predicted octanol–water partition coefficient (Wildman–Crippen LogP) is 2.60. The van der Waals surface area contributed by atoms with Gasteiger partial charge in [-0.3, -0.25) is 9.11 Å². The summed E-state index contributed by atoms with van der Waals surface area (Å²) in [4.78, 5) is 0. The van der Waals surface area contributed by atoms with E-state index in [2.05, 4.69) is 0 Å². The van der Waals surface area contributed by atoms with Crippen molar-refractivity contribution in [2.75, 3.05) is 14.1 Å². The molecule has 0 aliphatic carbocycles. The fourth-order valence-corrected chi connectivity index (χ4v) is 4.26. The number of hydrogen-bond acceptors (Lipinski definition) is 5. The fourth-order valence-electron chi connectivity index (χ4n) is 0.717. The molecule has 1 rings (SSSR count).